The summed E-state index contributed by atoms with van der Waals surface area (Å²) in [5.74, 6) is 0.0940. The molecule has 1 amide bonds. The molecule has 0 N–H and O–H groups in total. The fourth-order valence-corrected chi connectivity index (χ4v) is 3.55. The van der Waals surface area contributed by atoms with E-state index >= 15 is 0 Å². The zero-order chi connectivity index (χ0) is 16.5. The minimum Gasteiger partial charge on any atom is -0.378 e. The number of aryl methyl sites for hydroxylation is 1. The molecule has 2 aliphatic heterocycles. The first kappa shape index (κ1) is 15.2. The van der Waals surface area contributed by atoms with Gasteiger partial charge in [0.2, 0.25) is 0 Å². The van der Waals surface area contributed by atoms with E-state index in [1.807, 2.05) is 36.1 Å². The summed E-state index contributed by atoms with van der Waals surface area (Å²) in [6.07, 6.45) is 0.922. The van der Waals surface area contributed by atoms with Crippen LogP contribution in [0.2, 0.25) is 0 Å². The van der Waals surface area contributed by atoms with Crippen LogP contribution in [0.15, 0.2) is 42.5 Å². The van der Waals surface area contributed by atoms with Gasteiger partial charge in [-0.05, 0) is 49.2 Å². The van der Waals surface area contributed by atoms with E-state index < -0.39 is 0 Å². The van der Waals surface area contributed by atoms with Gasteiger partial charge in [-0.25, -0.2) is 0 Å². The molecule has 4 heteroatoms. The van der Waals surface area contributed by atoms with Gasteiger partial charge < -0.3 is 14.5 Å². The molecule has 0 aromatic heterocycles. The van der Waals surface area contributed by atoms with Crippen LogP contribution in [-0.2, 0) is 11.2 Å². The van der Waals surface area contributed by atoms with E-state index in [1.54, 1.807) is 0 Å². The zero-order valence-corrected chi connectivity index (χ0v) is 14.0. The van der Waals surface area contributed by atoms with Crippen molar-refractivity contribution >= 4 is 17.3 Å². The largest absolute Gasteiger partial charge is 0.378 e. The van der Waals surface area contributed by atoms with E-state index in [-0.39, 0.29) is 5.91 Å². The molecule has 0 atom stereocenters. The van der Waals surface area contributed by atoms with Crippen LogP contribution in [0, 0.1) is 6.92 Å². The summed E-state index contributed by atoms with van der Waals surface area (Å²) in [4.78, 5) is 17.1. The van der Waals surface area contributed by atoms with Crippen molar-refractivity contribution < 1.29 is 9.53 Å². The van der Waals surface area contributed by atoms with E-state index in [1.165, 1.54) is 11.3 Å². The first-order valence-corrected chi connectivity index (χ1v) is 8.56. The fourth-order valence-electron chi connectivity index (χ4n) is 3.55. The molecule has 0 radical (unpaired) electrons. The molecule has 2 aromatic rings. The van der Waals surface area contributed by atoms with Crippen LogP contribution in [0.1, 0.15) is 21.5 Å². The quantitative estimate of drug-likeness (QED) is 0.852. The number of ether oxygens (including phenoxy) is 1. The Morgan fingerprint density at radius 3 is 2.67 bits per heavy atom. The molecule has 0 unspecified atom stereocenters. The van der Waals surface area contributed by atoms with Crippen LogP contribution in [0.5, 0.6) is 0 Å². The van der Waals surface area contributed by atoms with Crippen molar-refractivity contribution in [3.63, 3.8) is 0 Å². The molecule has 2 aromatic carbocycles. The van der Waals surface area contributed by atoms with Gasteiger partial charge >= 0.3 is 0 Å². The Balaban J connectivity index is 1.59. The van der Waals surface area contributed by atoms with Gasteiger partial charge in [0.15, 0.2) is 0 Å². The van der Waals surface area contributed by atoms with Crippen LogP contribution in [0.3, 0.4) is 0 Å². The Kier molecular flexibility index (Phi) is 3.98. The highest BCUT2D eigenvalue weighted by Crippen LogP contribution is 2.33. The summed E-state index contributed by atoms with van der Waals surface area (Å²) in [6, 6.07) is 14.3. The van der Waals surface area contributed by atoms with Crippen LogP contribution in [-0.4, -0.2) is 38.8 Å². The summed E-state index contributed by atoms with van der Waals surface area (Å²) < 4.78 is 5.43. The standard InChI is InChI=1S/C20H22N2O2/c1-15-3-2-4-17(13-15)20(23)22-8-7-16-14-18(5-6-19(16)22)21-9-11-24-12-10-21/h2-6,13-14H,7-12H2,1H3. The van der Waals surface area contributed by atoms with Crippen molar-refractivity contribution in [2.24, 2.45) is 0 Å². The number of benzene rings is 2. The highest BCUT2D eigenvalue weighted by Gasteiger charge is 2.26. The normalized spacial score (nSPS) is 17.0. The Morgan fingerprint density at radius 1 is 1.04 bits per heavy atom. The molecule has 24 heavy (non-hydrogen) atoms. The summed E-state index contributed by atoms with van der Waals surface area (Å²) in [7, 11) is 0. The van der Waals surface area contributed by atoms with Crippen LogP contribution in [0.25, 0.3) is 0 Å². The topological polar surface area (TPSA) is 32.8 Å². The van der Waals surface area contributed by atoms with Gasteiger partial charge in [0.05, 0.1) is 13.2 Å². The maximum atomic E-state index is 12.8. The van der Waals surface area contributed by atoms with Crippen molar-refractivity contribution in [2.75, 3.05) is 42.6 Å². The molecule has 1 saturated heterocycles. The Labute approximate surface area is 142 Å². The average Bonchev–Trinajstić information content (AvgIpc) is 3.05. The molecule has 0 aliphatic carbocycles. The second-order valence-electron chi connectivity index (χ2n) is 6.49. The number of carbonyl (C=O) groups is 1. The number of morpholine rings is 1. The number of hydrogen-bond acceptors (Lipinski definition) is 3. The van der Waals surface area contributed by atoms with Gasteiger partial charge in [0, 0.05) is 36.6 Å². The molecule has 4 nitrogen and oxygen atoms in total. The van der Waals surface area contributed by atoms with E-state index in [4.69, 9.17) is 4.74 Å². The molecular formula is C20H22N2O2. The van der Waals surface area contributed by atoms with Gasteiger partial charge in [-0.2, -0.15) is 0 Å². The number of rotatable bonds is 2. The van der Waals surface area contributed by atoms with Crippen molar-refractivity contribution in [3.05, 3.63) is 59.2 Å². The second-order valence-corrected chi connectivity index (χ2v) is 6.49. The third kappa shape index (κ3) is 2.78. The first-order valence-electron chi connectivity index (χ1n) is 8.56. The highest BCUT2D eigenvalue weighted by atomic mass is 16.5. The second kappa shape index (κ2) is 6.29. The molecular weight excluding hydrogens is 300 g/mol. The monoisotopic (exact) mass is 322 g/mol. The van der Waals surface area contributed by atoms with Crippen molar-refractivity contribution in [2.45, 2.75) is 13.3 Å². The van der Waals surface area contributed by atoms with E-state index in [0.29, 0.717) is 0 Å². The average molecular weight is 322 g/mol. The molecule has 2 heterocycles. The van der Waals surface area contributed by atoms with E-state index in [9.17, 15) is 4.79 Å². The highest BCUT2D eigenvalue weighted by molar-refractivity contribution is 6.07. The maximum absolute atomic E-state index is 12.8. The smallest absolute Gasteiger partial charge is 0.258 e. The number of carbonyl (C=O) groups excluding carboxylic acids is 1. The molecule has 2 aliphatic rings. The maximum Gasteiger partial charge on any atom is 0.258 e. The van der Waals surface area contributed by atoms with Gasteiger partial charge in [-0.3, -0.25) is 4.79 Å². The lowest BCUT2D eigenvalue weighted by molar-refractivity contribution is 0.0989. The minimum absolute atomic E-state index is 0.0940. The summed E-state index contributed by atoms with van der Waals surface area (Å²) in [5.41, 5.74) is 5.43. The number of nitrogens with zero attached hydrogens (tertiary/aromatic N) is 2. The molecule has 1 fully saturated rings. The van der Waals surface area contributed by atoms with Crippen LogP contribution >= 0.6 is 0 Å². The van der Waals surface area contributed by atoms with Gasteiger partial charge in [0.25, 0.3) is 5.91 Å². The zero-order valence-electron chi connectivity index (χ0n) is 14.0. The fraction of sp³-hybridized carbons (Fsp3) is 0.350. The van der Waals surface area contributed by atoms with Gasteiger partial charge in [-0.1, -0.05) is 17.7 Å². The first-order chi connectivity index (χ1) is 11.7. The van der Waals surface area contributed by atoms with Crippen LogP contribution in [0.4, 0.5) is 11.4 Å². The van der Waals surface area contributed by atoms with Crippen molar-refractivity contribution in [3.8, 4) is 0 Å². The summed E-state index contributed by atoms with van der Waals surface area (Å²) in [6.45, 7) is 6.22. The Hall–Kier alpha value is -2.33. The molecule has 0 spiro atoms. The van der Waals surface area contributed by atoms with Crippen LogP contribution < -0.4 is 9.80 Å². The van der Waals surface area contributed by atoms with E-state index in [0.717, 1.165) is 56.1 Å². The summed E-state index contributed by atoms with van der Waals surface area (Å²) in [5, 5.41) is 0. The van der Waals surface area contributed by atoms with Gasteiger partial charge in [0.1, 0.15) is 0 Å². The third-order valence-corrected chi connectivity index (χ3v) is 4.85. The minimum atomic E-state index is 0.0940. The predicted octanol–water partition coefficient (Wildman–Crippen LogP) is 3.03. The Bertz CT molecular complexity index is 766. The lowest BCUT2D eigenvalue weighted by Crippen LogP contribution is -2.36. The lowest BCUT2D eigenvalue weighted by Gasteiger charge is -2.29. The van der Waals surface area contributed by atoms with Crippen molar-refractivity contribution in [1.82, 2.24) is 0 Å². The number of hydrogen-bond donors (Lipinski definition) is 0. The lowest BCUT2D eigenvalue weighted by atomic mass is 10.1. The Morgan fingerprint density at radius 2 is 1.88 bits per heavy atom. The molecule has 0 saturated carbocycles. The number of fused-ring (bicyclic) bond motifs is 1. The molecule has 4 rings (SSSR count). The number of anilines is 2. The van der Waals surface area contributed by atoms with E-state index in [2.05, 4.69) is 23.1 Å². The van der Waals surface area contributed by atoms with Gasteiger partial charge in [-0.15, -0.1) is 0 Å². The molecule has 0 bridgehead atoms. The number of amides is 1. The predicted molar refractivity (Wildman–Crippen MR) is 96.0 cm³/mol. The third-order valence-electron chi connectivity index (χ3n) is 4.85. The van der Waals surface area contributed by atoms with Crippen molar-refractivity contribution in [1.29, 1.82) is 0 Å². The molecule has 124 valence electrons. The SMILES string of the molecule is Cc1cccc(C(=O)N2CCc3cc(N4CCOCC4)ccc32)c1. The summed E-state index contributed by atoms with van der Waals surface area (Å²) >= 11 is 0.